The predicted molar refractivity (Wildman–Crippen MR) is 132 cm³/mol. The molecule has 2 aromatic carbocycles. The predicted octanol–water partition coefficient (Wildman–Crippen LogP) is 4.64. The van der Waals surface area contributed by atoms with Crippen molar-refractivity contribution in [3.8, 4) is 28.7 Å². The van der Waals surface area contributed by atoms with Crippen molar-refractivity contribution in [2.75, 3.05) is 33.3 Å². The van der Waals surface area contributed by atoms with Crippen molar-refractivity contribution in [2.45, 2.75) is 12.8 Å². The number of carbonyl (C=O) groups excluding carboxylic acids is 1. The highest BCUT2D eigenvalue weighted by atomic mass is 35.5. The van der Waals surface area contributed by atoms with Gasteiger partial charge in [-0.2, -0.15) is 0 Å². The molecular formula is C27H26ClN3O2. The van der Waals surface area contributed by atoms with E-state index in [0.29, 0.717) is 28.6 Å². The number of benzene rings is 2. The summed E-state index contributed by atoms with van der Waals surface area (Å²) in [6.07, 6.45) is 4.28. The van der Waals surface area contributed by atoms with Gasteiger partial charge < -0.3 is 10.1 Å². The lowest BCUT2D eigenvalue weighted by molar-refractivity contribution is 0.0958. The highest BCUT2D eigenvalue weighted by molar-refractivity contribution is 6.30. The molecule has 0 unspecified atom stereocenters. The first kappa shape index (κ1) is 22.8. The summed E-state index contributed by atoms with van der Waals surface area (Å²) in [4.78, 5) is 19.2. The second-order valence-electron chi connectivity index (χ2n) is 7.88. The SMILES string of the molecule is CNC(=O)c1cc(C#Cc2ccc(-c3ccc(Cl)cc3)cn2)ccc1OCCN1CCCC1. The van der Waals surface area contributed by atoms with Gasteiger partial charge in [-0.15, -0.1) is 0 Å². The van der Waals surface area contributed by atoms with Gasteiger partial charge >= 0.3 is 0 Å². The molecular weight excluding hydrogens is 434 g/mol. The zero-order valence-electron chi connectivity index (χ0n) is 18.6. The highest BCUT2D eigenvalue weighted by Gasteiger charge is 2.14. The molecule has 0 spiro atoms. The van der Waals surface area contributed by atoms with Crippen molar-refractivity contribution >= 4 is 17.5 Å². The summed E-state index contributed by atoms with van der Waals surface area (Å²) in [5.74, 6) is 6.55. The molecule has 1 amide bonds. The smallest absolute Gasteiger partial charge is 0.254 e. The van der Waals surface area contributed by atoms with Crippen LogP contribution in [0, 0.1) is 11.8 Å². The third-order valence-electron chi connectivity index (χ3n) is 5.59. The molecule has 1 aliphatic rings. The molecule has 0 saturated carbocycles. The average molecular weight is 460 g/mol. The number of rotatable bonds is 6. The van der Waals surface area contributed by atoms with E-state index in [2.05, 4.69) is 27.0 Å². The molecule has 1 aromatic heterocycles. The molecule has 168 valence electrons. The van der Waals surface area contributed by atoms with Crippen LogP contribution in [-0.4, -0.2) is 49.1 Å². The van der Waals surface area contributed by atoms with Gasteiger partial charge in [0.2, 0.25) is 0 Å². The van der Waals surface area contributed by atoms with Crippen molar-refractivity contribution in [1.82, 2.24) is 15.2 Å². The number of halogens is 1. The maximum absolute atomic E-state index is 12.4. The van der Waals surface area contributed by atoms with Gasteiger partial charge in [0.15, 0.2) is 0 Å². The molecule has 0 radical (unpaired) electrons. The Morgan fingerprint density at radius 2 is 1.82 bits per heavy atom. The van der Waals surface area contributed by atoms with E-state index in [4.69, 9.17) is 16.3 Å². The summed E-state index contributed by atoms with van der Waals surface area (Å²) < 4.78 is 5.93. The normalized spacial score (nSPS) is 13.3. The number of hydrogen-bond acceptors (Lipinski definition) is 4. The van der Waals surface area contributed by atoms with E-state index < -0.39 is 0 Å². The number of hydrogen-bond donors (Lipinski definition) is 1. The van der Waals surface area contributed by atoms with Crippen LogP contribution in [0.4, 0.5) is 0 Å². The average Bonchev–Trinajstić information content (AvgIpc) is 3.37. The van der Waals surface area contributed by atoms with Gasteiger partial charge in [-0.1, -0.05) is 35.7 Å². The van der Waals surface area contributed by atoms with E-state index in [1.54, 1.807) is 19.3 Å². The lowest BCUT2D eigenvalue weighted by Crippen LogP contribution is -2.26. The standard InChI is InChI=1S/C27H26ClN3O2/c1-29-27(32)25-18-20(5-13-26(25)33-17-16-31-14-2-3-15-31)4-11-24-12-8-22(19-30-24)21-6-9-23(28)10-7-21/h5-10,12-13,18-19H,2-3,14-17H2,1H3,(H,29,32). The first-order chi connectivity index (χ1) is 16.1. The summed E-state index contributed by atoms with van der Waals surface area (Å²) in [7, 11) is 1.61. The Hall–Kier alpha value is -3.33. The third kappa shape index (κ3) is 6.13. The first-order valence-corrected chi connectivity index (χ1v) is 11.5. The van der Waals surface area contributed by atoms with E-state index >= 15 is 0 Å². The fourth-order valence-corrected chi connectivity index (χ4v) is 3.88. The van der Waals surface area contributed by atoms with Gasteiger partial charge in [0.25, 0.3) is 5.91 Å². The number of aromatic nitrogens is 1. The molecule has 33 heavy (non-hydrogen) atoms. The number of amides is 1. The molecule has 3 aromatic rings. The molecule has 0 aliphatic carbocycles. The summed E-state index contributed by atoms with van der Waals surface area (Å²) >= 11 is 5.96. The Balaban J connectivity index is 1.46. The number of nitrogens with one attached hydrogen (secondary N) is 1. The molecule has 6 heteroatoms. The fourth-order valence-electron chi connectivity index (χ4n) is 3.75. The third-order valence-corrected chi connectivity index (χ3v) is 5.84. The Kier molecular flexibility index (Phi) is 7.62. The lowest BCUT2D eigenvalue weighted by atomic mass is 10.1. The van der Waals surface area contributed by atoms with E-state index in [1.165, 1.54) is 12.8 Å². The molecule has 0 atom stereocenters. The van der Waals surface area contributed by atoms with E-state index in [-0.39, 0.29) is 5.91 Å². The zero-order chi connectivity index (χ0) is 23.0. The minimum Gasteiger partial charge on any atom is -0.491 e. The Bertz CT molecular complexity index is 1160. The molecule has 1 saturated heterocycles. The van der Waals surface area contributed by atoms with Crippen molar-refractivity contribution < 1.29 is 9.53 Å². The summed E-state index contributed by atoms with van der Waals surface area (Å²) in [5.41, 5.74) is 3.90. The Morgan fingerprint density at radius 1 is 1.06 bits per heavy atom. The molecule has 4 rings (SSSR count). The van der Waals surface area contributed by atoms with Gasteiger partial charge in [0.1, 0.15) is 18.1 Å². The number of ether oxygens (including phenoxy) is 1. The molecule has 0 bridgehead atoms. The van der Waals surface area contributed by atoms with Gasteiger partial charge in [0, 0.05) is 35.9 Å². The quantitative estimate of drug-likeness (QED) is 0.546. The maximum atomic E-state index is 12.4. The van der Waals surface area contributed by atoms with Crippen LogP contribution in [0.3, 0.4) is 0 Å². The fraction of sp³-hybridized carbons (Fsp3) is 0.259. The largest absolute Gasteiger partial charge is 0.491 e. The topological polar surface area (TPSA) is 54.5 Å². The van der Waals surface area contributed by atoms with Crippen LogP contribution < -0.4 is 10.1 Å². The minimum atomic E-state index is -0.194. The number of carbonyl (C=O) groups is 1. The van der Waals surface area contributed by atoms with Crippen LogP contribution in [0.2, 0.25) is 5.02 Å². The molecule has 5 nitrogen and oxygen atoms in total. The highest BCUT2D eigenvalue weighted by Crippen LogP contribution is 2.22. The molecule has 1 aliphatic heterocycles. The van der Waals surface area contributed by atoms with E-state index in [1.807, 2.05) is 48.5 Å². The molecule has 2 heterocycles. The monoisotopic (exact) mass is 459 g/mol. The minimum absolute atomic E-state index is 0.194. The second-order valence-corrected chi connectivity index (χ2v) is 8.31. The van der Waals surface area contributed by atoms with Gasteiger partial charge in [-0.25, -0.2) is 4.98 Å². The van der Waals surface area contributed by atoms with Gasteiger partial charge in [-0.05, 0) is 73.8 Å². The lowest BCUT2D eigenvalue weighted by Gasteiger charge is -2.16. The second kappa shape index (κ2) is 11.0. The van der Waals surface area contributed by atoms with E-state index in [9.17, 15) is 4.79 Å². The maximum Gasteiger partial charge on any atom is 0.254 e. The summed E-state index contributed by atoms with van der Waals surface area (Å²) in [6, 6.07) is 16.9. The van der Waals surface area contributed by atoms with E-state index in [0.717, 1.165) is 36.3 Å². The van der Waals surface area contributed by atoms with Gasteiger partial charge in [0.05, 0.1) is 5.56 Å². The number of pyridine rings is 1. The number of likely N-dealkylation sites (tertiary alicyclic amines) is 1. The van der Waals surface area contributed by atoms with Gasteiger partial charge in [-0.3, -0.25) is 9.69 Å². The van der Waals surface area contributed by atoms with Crippen LogP contribution in [0.1, 0.15) is 34.5 Å². The van der Waals surface area contributed by atoms with Crippen LogP contribution in [0.5, 0.6) is 5.75 Å². The Morgan fingerprint density at radius 3 is 2.52 bits per heavy atom. The van der Waals surface area contributed by atoms with Crippen molar-refractivity contribution in [3.63, 3.8) is 0 Å². The van der Waals surface area contributed by atoms with Crippen LogP contribution >= 0.6 is 11.6 Å². The first-order valence-electron chi connectivity index (χ1n) is 11.1. The van der Waals surface area contributed by atoms with Crippen LogP contribution in [0.15, 0.2) is 60.8 Å². The Labute approximate surface area is 199 Å². The summed E-state index contributed by atoms with van der Waals surface area (Å²) in [6.45, 7) is 3.66. The summed E-state index contributed by atoms with van der Waals surface area (Å²) in [5, 5.41) is 3.38. The number of nitrogens with zero attached hydrogens (tertiary/aromatic N) is 2. The molecule has 1 N–H and O–H groups in total. The molecule has 1 fully saturated rings. The van der Waals surface area contributed by atoms with Crippen molar-refractivity contribution in [2.24, 2.45) is 0 Å². The van der Waals surface area contributed by atoms with Crippen molar-refractivity contribution in [1.29, 1.82) is 0 Å². The van der Waals surface area contributed by atoms with Crippen LogP contribution in [0.25, 0.3) is 11.1 Å². The van der Waals surface area contributed by atoms with Crippen molar-refractivity contribution in [3.05, 3.63) is 82.6 Å². The zero-order valence-corrected chi connectivity index (χ0v) is 19.4. The van der Waals surface area contributed by atoms with Crippen LogP contribution in [-0.2, 0) is 0 Å².